The first-order valence-corrected chi connectivity index (χ1v) is 5.41. The summed E-state index contributed by atoms with van der Waals surface area (Å²) in [6, 6.07) is 0. The van der Waals surface area contributed by atoms with E-state index in [4.69, 9.17) is 9.47 Å². The fraction of sp³-hybridized carbons (Fsp3) is 0.750. The van der Waals surface area contributed by atoms with Crippen LogP contribution < -0.4 is 0 Å². The second-order valence-corrected chi connectivity index (χ2v) is 5.27. The van der Waals surface area contributed by atoms with E-state index in [9.17, 15) is 4.79 Å². The van der Waals surface area contributed by atoms with Crippen molar-refractivity contribution in [3.63, 3.8) is 0 Å². The third-order valence-electron chi connectivity index (χ3n) is 3.06. The zero-order chi connectivity index (χ0) is 11.3. The molecule has 0 N–H and O–H groups in total. The summed E-state index contributed by atoms with van der Waals surface area (Å²) in [5, 5.41) is 0. The van der Waals surface area contributed by atoms with Gasteiger partial charge in [-0.3, -0.25) is 4.79 Å². The van der Waals surface area contributed by atoms with Crippen molar-refractivity contribution in [2.24, 2.45) is 5.41 Å². The standard InChI is InChI=1S/C12H18O3/c1-8-5-12(14-6-9(2)15-12)7-11(3,4)10(8)13/h5,9H,6-7H2,1-4H3. The van der Waals surface area contributed by atoms with Gasteiger partial charge in [0, 0.05) is 11.8 Å². The van der Waals surface area contributed by atoms with Crippen molar-refractivity contribution in [2.45, 2.75) is 46.0 Å². The molecule has 84 valence electrons. The molecule has 2 aliphatic rings. The lowest BCUT2D eigenvalue weighted by Crippen LogP contribution is -2.43. The van der Waals surface area contributed by atoms with E-state index >= 15 is 0 Å². The quantitative estimate of drug-likeness (QED) is 0.614. The van der Waals surface area contributed by atoms with Crippen LogP contribution in [-0.2, 0) is 14.3 Å². The number of ketones is 1. The number of carbonyl (C=O) groups is 1. The van der Waals surface area contributed by atoms with Crippen molar-refractivity contribution < 1.29 is 14.3 Å². The van der Waals surface area contributed by atoms with Gasteiger partial charge in [0.05, 0.1) is 12.7 Å². The maximum Gasteiger partial charge on any atom is 0.189 e. The van der Waals surface area contributed by atoms with Crippen molar-refractivity contribution in [2.75, 3.05) is 6.61 Å². The summed E-state index contributed by atoms with van der Waals surface area (Å²) >= 11 is 0. The minimum absolute atomic E-state index is 0.109. The Bertz CT molecular complexity index is 330. The monoisotopic (exact) mass is 210 g/mol. The number of carbonyl (C=O) groups excluding carboxylic acids is 1. The van der Waals surface area contributed by atoms with E-state index in [1.807, 2.05) is 33.8 Å². The van der Waals surface area contributed by atoms with Gasteiger partial charge < -0.3 is 9.47 Å². The first-order chi connectivity index (χ1) is 6.85. The van der Waals surface area contributed by atoms with E-state index in [0.717, 1.165) is 5.57 Å². The number of hydrogen-bond donors (Lipinski definition) is 0. The third-order valence-corrected chi connectivity index (χ3v) is 3.06. The Balaban J connectivity index is 2.34. The highest BCUT2D eigenvalue weighted by atomic mass is 16.7. The minimum atomic E-state index is -0.652. The Labute approximate surface area is 90.4 Å². The first kappa shape index (κ1) is 10.8. The van der Waals surface area contributed by atoms with Crippen LogP contribution in [0.15, 0.2) is 11.6 Å². The summed E-state index contributed by atoms with van der Waals surface area (Å²) in [4.78, 5) is 11.9. The van der Waals surface area contributed by atoms with E-state index in [0.29, 0.717) is 13.0 Å². The van der Waals surface area contributed by atoms with Crippen LogP contribution in [0.2, 0.25) is 0 Å². The van der Waals surface area contributed by atoms with Gasteiger partial charge in [-0.05, 0) is 25.5 Å². The molecule has 3 heteroatoms. The SMILES string of the molecule is CC1=CC2(CC(C)(C)C1=O)OCC(C)O2. The molecule has 1 saturated heterocycles. The highest BCUT2D eigenvalue weighted by Crippen LogP contribution is 2.43. The maximum atomic E-state index is 11.9. The average Bonchev–Trinajstić information content (AvgIpc) is 2.42. The van der Waals surface area contributed by atoms with Gasteiger partial charge in [-0.1, -0.05) is 13.8 Å². The van der Waals surface area contributed by atoms with Crippen molar-refractivity contribution >= 4 is 5.78 Å². The number of ether oxygens (including phenoxy) is 2. The molecule has 1 aliphatic carbocycles. The molecule has 0 saturated carbocycles. The smallest absolute Gasteiger partial charge is 0.189 e. The maximum absolute atomic E-state index is 11.9. The van der Waals surface area contributed by atoms with Crippen LogP contribution >= 0.6 is 0 Å². The topological polar surface area (TPSA) is 35.5 Å². The molecule has 2 unspecified atom stereocenters. The molecule has 0 bridgehead atoms. The summed E-state index contributed by atoms with van der Waals surface area (Å²) in [6.07, 6.45) is 2.56. The molecule has 0 radical (unpaired) electrons. The van der Waals surface area contributed by atoms with E-state index in [2.05, 4.69) is 0 Å². The Kier molecular flexibility index (Phi) is 2.28. The van der Waals surface area contributed by atoms with Crippen molar-refractivity contribution in [1.82, 2.24) is 0 Å². The van der Waals surface area contributed by atoms with Gasteiger partial charge in [-0.25, -0.2) is 0 Å². The lowest BCUT2D eigenvalue weighted by molar-refractivity contribution is -0.162. The zero-order valence-corrected chi connectivity index (χ0v) is 9.79. The molecular formula is C12H18O3. The molecule has 0 aromatic rings. The molecule has 2 atom stereocenters. The van der Waals surface area contributed by atoms with Gasteiger partial charge >= 0.3 is 0 Å². The largest absolute Gasteiger partial charge is 0.344 e. The molecule has 1 heterocycles. The molecule has 1 fully saturated rings. The number of rotatable bonds is 0. The fourth-order valence-corrected chi connectivity index (χ4v) is 2.51. The molecule has 0 amide bonds. The Morgan fingerprint density at radius 3 is 2.60 bits per heavy atom. The van der Waals surface area contributed by atoms with E-state index in [1.165, 1.54) is 0 Å². The van der Waals surface area contributed by atoms with Crippen LogP contribution in [-0.4, -0.2) is 24.3 Å². The predicted octanol–water partition coefficient (Wildman–Crippen LogP) is 2.06. The highest BCUT2D eigenvalue weighted by molar-refractivity contribution is 6.00. The van der Waals surface area contributed by atoms with E-state index < -0.39 is 5.79 Å². The van der Waals surface area contributed by atoms with Crippen LogP contribution in [0, 0.1) is 5.41 Å². The molecule has 2 rings (SSSR count). The Morgan fingerprint density at radius 1 is 1.47 bits per heavy atom. The highest BCUT2D eigenvalue weighted by Gasteiger charge is 2.48. The lowest BCUT2D eigenvalue weighted by atomic mass is 9.74. The van der Waals surface area contributed by atoms with Gasteiger partial charge in [0.1, 0.15) is 0 Å². The van der Waals surface area contributed by atoms with Crippen LogP contribution in [0.5, 0.6) is 0 Å². The molecular weight excluding hydrogens is 192 g/mol. The Hall–Kier alpha value is -0.670. The zero-order valence-electron chi connectivity index (χ0n) is 9.79. The summed E-state index contributed by atoms with van der Waals surface area (Å²) in [5.74, 6) is -0.458. The minimum Gasteiger partial charge on any atom is -0.344 e. The molecule has 0 aromatic heterocycles. The number of allylic oxidation sites excluding steroid dienone is 1. The molecule has 1 spiro atoms. The number of hydrogen-bond acceptors (Lipinski definition) is 3. The summed E-state index contributed by atoms with van der Waals surface area (Å²) in [5.41, 5.74) is 0.364. The average molecular weight is 210 g/mol. The van der Waals surface area contributed by atoms with Gasteiger partial charge in [0.25, 0.3) is 0 Å². The van der Waals surface area contributed by atoms with Crippen molar-refractivity contribution in [1.29, 1.82) is 0 Å². The molecule has 1 aliphatic heterocycles. The summed E-state index contributed by atoms with van der Waals surface area (Å²) < 4.78 is 11.5. The van der Waals surface area contributed by atoms with Crippen LogP contribution in [0.4, 0.5) is 0 Å². The summed E-state index contributed by atoms with van der Waals surface area (Å²) in [6.45, 7) is 8.32. The fourth-order valence-electron chi connectivity index (χ4n) is 2.51. The third kappa shape index (κ3) is 1.74. The van der Waals surface area contributed by atoms with Crippen LogP contribution in [0.3, 0.4) is 0 Å². The number of Topliss-reactive ketones (excluding diaryl/α,β-unsaturated/α-hetero) is 1. The van der Waals surface area contributed by atoms with Gasteiger partial charge in [0.15, 0.2) is 11.6 Å². The summed E-state index contributed by atoms with van der Waals surface area (Å²) in [7, 11) is 0. The van der Waals surface area contributed by atoms with Crippen LogP contribution in [0.1, 0.15) is 34.1 Å². The lowest BCUT2D eigenvalue weighted by Gasteiger charge is -2.37. The molecule has 15 heavy (non-hydrogen) atoms. The molecule has 0 aromatic carbocycles. The van der Waals surface area contributed by atoms with E-state index in [-0.39, 0.29) is 17.3 Å². The first-order valence-electron chi connectivity index (χ1n) is 5.41. The van der Waals surface area contributed by atoms with E-state index in [1.54, 1.807) is 0 Å². The second kappa shape index (κ2) is 3.16. The second-order valence-electron chi connectivity index (χ2n) is 5.27. The molecule has 3 nitrogen and oxygen atoms in total. The van der Waals surface area contributed by atoms with Crippen LogP contribution in [0.25, 0.3) is 0 Å². The van der Waals surface area contributed by atoms with Crippen molar-refractivity contribution in [3.8, 4) is 0 Å². The van der Waals surface area contributed by atoms with Gasteiger partial charge in [-0.2, -0.15) is 0 Å². The van der Waals surface area contributed by atoms with Gasteiger partial charge in [0.2, 0.25) is 0 Å². The normalized spacial score (nSPS) is 39.6. The Morgan fingerprint density at radius 2 is 2.13 bits per heavy atom. The van der Waals surface area contributed by atoms with Gasteiger partial charge in [-0.15, -0.1) is 0 Å². The van der Waals surface area contributed by atoms with Crippen molar-refractivity contribution in [3.05, 3.63) is 11.6 Å². The predicted molar refractivity (Wildman–Crippen MR) is 56.4 cm³/mol.